The topological polar surface area (TPSA) is 66.9 Å². The number of aromatic nitrogens is 2. The molecule has 1 heterocycles. The van der Waals surface area contributed by atoms with Crippen LogP contribution in [-0.4, -0.2) is 15.9 Å². The standard InChI is InChI=1S/C20H19ClN4O/c1-13-5-3-4-6-15(13)10-22-19(26)16-11-23-20(24-12-16)25-18-8-7-17(21)9-14(18)2/h3-9,11-12H,10H2,1-2H3,(H,22,26)(H,23,24,25). The maximum absolute atomic E-state index is 12.3. The predicted molar refractivity (Wildman–Crippen MR) is 104 cm³/mol. The first kappa shape index (κ1) is 17.9. The van der Waals surface area contributed by atoms with Crippen molar-refractivity contribution in [1.29, 1.82) is 0 Å². The minimum absolute atomic E-state index is 0.206. The lowest BCUT2D eigenvalue weighted by atomic mass is 10.1. The highest BCUT2D eigenvalue weighted by Crippen LogP contribution is 2.21. The summed E-state index contributed by atoms with van der Waals surface area (Å²) in [6.45, 7) is 4.43. The van der Waals surface area contributed by atoms with Crippen molar-refractivity contribution in [2.75, 3.05) is 5.32 Å². The second-order valence-corrected chi connectivity index (χ2v) is 6.43. The van der Waals surface area contributed by atoms with E-state index in [1.165, 1.54) is 12.4 Å². The summed E-state index contributed by atoms with van der Waals surface area (Å²) in [5, 5.41) is 6.68. The summed E-state index contributed by atoms with van der Waals surface area (Å²) in [6, 6.07) is 13.5. The molecule has 0 aliphatic carbocycles. The van der Waals surface area contributed by atoms with Gasteiger partial charge in [-0.3, -0.25) is 4.79 Å². The van der Waals surface area contributed by atoms with E-state index in [4.69, 9.17) is 11.6 Å². The summed E-state index contributed by atoms with van der Waals surface area (Å²) in [6.07, 6.45) is 3.02. The lowest BCUT2D eigenvalue weighted by molar-refractivity contribution is 0.0950. The van der Waals surface area contributed by atoms with E-state index < -0.39 is 0 Å². The number of nitrogens with zero attached hydrogens (tertiary/aromatic N) is 2. The van der Waals surface area contributed by atoms with Gasteiger partial charge in [-0.2, -0.15) is 0 Å². The lowest BCUT2D eigenvalue weighted by Gasteiger charge is -2.09. The number of rotatable bonds is 5. The number of benzene rings is 2. The highest BCUT2D eigenvalue weighted by molar-refractivity contribution is 6.30. The van der Waals surface area contributed by atoms with Crippen LogP contribution in [0.25, 0.3) is 0 Å². The smallest absolute Gasteiger partial charge is 0.254 e. The van der Waals surface area contributed by atoms with Crippen LogP contribution in [0, 0.1) is 13.8 Å². The molecule has 26 heavy (non-hydrogen) atoms. The Labute approximate surface area is 157 Å². The summed E-state index contributed by atoms with van der Waals surface area (Å²) in [5.41, 5.74) is 4.49. The van der Waals surface area contributed by atoms with E-state index in [1.807, 2.05) is 50.2 Å². The molecule has 2 N–H and O–H groups in total. The van der Waals surface area contributed by atoms with Crippen LogP contribution in [0.5, 0.6) is 0 Å². The van der Waals surface area contributed by atoms with Crippen LogP contribution >= 0.6 is 11.6 Å². The molecule has 0 bridgehead atoms. The average Bonchev–Trinajstić information content (AvgIpc) is 2.64. The number of carbonyl (C=O) groups is 1. The average molecular weight is 367 g/mol. The fourth-order valence-corrected chi connectivity index (χ4v) is 2.71. The van der Waals surface area contributed by atoms with Crippen LogP contribution in [0.1, 0.15) is 27.0 Å². The molecule has 0 atom stereocenters. The van der Waals surface area contributed by atoms with Gasteiger partial charge in [-0.25, -0.2) is 9.97 Å². The number of aryl methyl sites for hydroxylation is 2. The first-order valence-corrected chi connectivity index (χ1v) is 8.58. The van der Waals surface area contributed by atoms with Gasteiger partial charge in [-0.1, -0.05) is 35.9 Å². The molecule has 6 heteroatoms. The SMILES string of the molecule is Cc1ccccc1CNC(=O)c1cnc(Nc2ccc(Cl)cc2C)nc1. The largest absolute Gasteiger partial charge is 0.348 e. The number of hydrogen-bond donors (Lipinski definition) is 2. The number of hydrogen-bond acceptors (Lipinski definition) is 4. The van der Waals surface area contributed by atoms with E-state index in [-0.39, 0.29) is 5.91 Å². The summed E-state index contributed by atoms with van der Waals surface area (Å²) >= 11 is 5.96. The molecule has 1 amide bonds. The molecular weight excluding hydrogens is 348 g/mol. The Hall–Kier alpha value is -2.92. The Morgan fingerprint density at radius 3 is 2.46 bits per heavy atom. The summed E-state index contributed by atoms with van der Waals surface area (Å²) < 4.78 is 0. The summed E-state index contributed by atoms with van der Waals surface area (Å²) in [4.78, 5) is 20.7. The minimum atomic E-state index is -0.206. The molecule has 3 rings (SSSR count). The molecule has 5 nitrogen and oxygen atoms in total. The van der Waals surface area contributed by atoms with Crippen molar-refractivity contribution < 1.29 is 4.79 Å². The van der Waals surface area contributed by atoms with Gasteiger partial charge < -0.3 is 10.6 Å². The molecule has 2 aromatic carbocycles. The van der Waals surface area contributed by atoms with Crippen LogP contribution in [0.15, 0.2) is 54.9 Å². The van der Waals surface area contributed by atoms with E-state index in [2.05, 4.69) is 20.6 Å². The zero-order valence-corrected chi connectivity index (χ0v) is 15.3. The van der Waals surface area contributed by atoms with Crippen molar-refractivity contribution in [3.63, 3.8) is 0 Å². The molecular formula is C20H19ClN4O. The number of anilines is 2. The fourth-order valence-electron chi connectivity index (χ4n) is 2.48. The van der Waals surface area contributed by atoms with Crippen LogP contribution in [0.3, 0.4) is 0 Å². The number of halogens is 1. The normalized spacial score (nSPS) is 10.4. The fraction of sp³-hybridized carbons (Fsp3) is 0.150. The second kappa shape index (κ2) is 7.97. The van der Waals surface area contributed by atoms with Crippen molar-refractivity contribution in [2.24, 2.45) is 0 Å². The minimum Gasteiger partial charge on any atom is -0.348 e. The maximum Gasteiger partial charge on any atom is 0.254 e. The zero-order valence-electron chi connectivity index (χ0n) is 14.6. The maximum atomic E-state index is 12.3. The Bertz CT molecular complexity index is 925. The van der Waals surface area contributed by atoms with E-state index in [0.717, 1.165) is 22.4 Å². The number of nitrogens with one attached hydrogen (secondary N) is 2. The number of carbonyl (C=O) groups excluding carboxylic acids is 1. The third-order valence-corrected chi connectivity index (χ3v) is 4.28. The van der Waals surface area contributed by atoms with Gasteiger partial charge in [0.05, 0.1) is 5.56 Å². The summed E-state index contributed by atoms with van der Waals surface area (Å²) in [5.74, 6) is 0.216. The molecule has 0 unspecified atom stereocenters. The van der Waals surface area contributed by atoms with Crippen LogP contribution in [-0.2, 0) is 6.54 Å². The summed E-state index contributed by atoms with van der Waals surface area (Å²) in [7, 11) is 0. The van der Waals surface area contributed by atoms with Crippen molar-refractivity contribution in [3.8, 4) is 0 Å². The highest BCUT2D eigenvalue weighted by Gasteiger charge is 2.08. The van der Waals surface area contributed by atoms with Crippen LogP contribution < -0.4 is 10.6 Å². The van der Waals surface area contributed by atoms with Crippen molar-refractivity contribution >= 4 is 29.1 Å². The van der Waals surface area contributed by atoms with Gasteiger partial charge >= 0.3 is 0 Å². The third kappa shape index (κ3) is 4.37. The molecule has 0 saturated heterocycles. The van der Waals surface area contributed by atoms with Gasteiger partial charge in [-0.15, -0.1) is 0 Å². The van der Waals surface area contributed by atoms with E-state index >= 15 is 0 Å². The predicted octanol–water partition coefficient (Wildman–Crippen LogP) is 4.42. The molecule has 1 aromatic heterocycles. The van der Waals surface area contributed by atoms with Crippen LogP contribution in [0.2, 0.25) is 5.02 Å². The van der Waals surface area contributed by atoms with Crippen LogP contribution in [0.4, 0.5) is 11.6 Å². The van der Waals surface area contributed by atoms with Gasteiger partial charge in [0.1, 0.15) is 0 Å². The Morgan fingerprint density at radius 1 is 1.04 bits per heavy atom. The molecule has 0 saturated carbocycles. The van der Waals surface area contributed by atoms with Gasteiger partial charge in [0.15, 0.2) is 0 Å². The Kier molecular flexibility index (Phi) is 5.49. The molecule has 132 valence electrons. The van der Waals surface area contributed by atoms with Gasteiger partial charge in [0.2, 0.25) is 5.95 Å². The zero-order chi connectivity index (χ0) is 18.5. The molecule has 0 spiro atoms. The molecule has 0 aliphatic rings. The van der Waals surface area contributed by atoms with Gasteiger partial charge in [0.25, 0.3) is 5.91 Å². The van der Waals surface area contributed by atoms with Crippen molar-refractivity contribution in [1.82, 2.24) is 15.3 Å². The van der Waals surface area contributed by atoms with E-state index in [9.17, 15) is 4.79 Å². The first-order valence-electron chi connectivity index (χ1n) is 8.21. The van der Waals surface area contributed by atoms with Crippen molar-refractivity contribution in [3.05, 3.63) is 82.1 Å². The first-order chi connectivity index (χ1) is 12.5. The quantitative estimate of drug-likeness (QED) is 0.701. The van der Waals surface area contributed by atoms with E-state index in [0.29, 0.717) is 23.1 Å². The Balaban J connectivity index is 1.63. The lowest BCUT2D eigenvalue weighted by Crippen LogP contribution is -2.23. The van der Waals surface area contributed by atoms with Crippen molar-refractivity contribution in [2.45, 2.75) is 20.4 Å². The van der Waals surface area contributed by atoms with Gasteiger partial charge in [0, 0.05) is 29.6 Å². The van der Waals surface area contributed by atoms with Gasteiger partial charge in [-0.05, 0) is 48.7 Å². The molecule has 3 aromatic rings. The molecule has 0 radical (unpaired) electrons. The molecule has 0 fully saturated rings. The van der Waals surface area contributed by atoms with E-state index in [1.54, 1.807) is 6.07 Å². The monoisotopic (exact) mass is 366 g/mol. The Morgan fingerprint density at radius 2 is 1.77 bits per heavy atom. The highest BCUT2D eigenvalue weighted by atomic mass is 35.5. The molecule has 0 aliphatic heterocycles. The number of amides is 1. The third-order valence-electron chi connectivity index (χ3n) is 4.05. The second-order valence-electron chi connectivity index (χ2n) is 5.99.